The van der Waals surface area contributed by atoms with Gasteiger partial charge >= 0.3 is 153 Å². The molecule has 4 aromatic rings. The zero-order chi connectivity index (χ0) is 17.2. The Morgan fingerprint density at radius 3 is 2.96 bits per heavy atom. The Bertz CT molecular complexity index is 1180. The Morgan fingerprint density at radius 1 is 1.28 bits per heavy atom. The molecule has 0 aliphatic rings. The third-order valence-corrected chi connectivity index (χ3v) is 6.26. The molecule has 1 aromatic carbocycles. The fourth-order valence-corrected chi connectivity index (χ4v) is 4.72. The van der Waals surface area contributed by atoms with Crippen LogP contribution in [0.4, 0.5) is 0 Å². The van der Waals surface area contributed by atoms with E-state index in [0.29, 0.717) is 22.4 Å². The summed E-state index contributed by atoms with van der Waals surface area (Å²) in [5.41, 5.74) is 1.70. The van der Waals surface area contributed by atoms with Crippen molar-refractivity contribution in [1.29, 1.82) is 5.26 Å². The second-order valence-electron chi connectivity index (χ2n) is 5.21. The van der Waals surface area contributed by atoms with Gasteiger partial charge in [0.1, 0.15) is 0 Å². The van der Waals surface area contributed by atoms with Gasteiger partial charge in [-0.05, 0) is 0 Å². The first kappa shape index (κ1) is 15.8. The number of hydrogen-bond donors (Lipinski definition) is 0. The Labute approximate surface area is 153 Å². The second kappa shape index (κ2) is 6.65. The van der Waals surface area contributed by atoms with E-state index in [4.69, 9.17) is 4.42 Å². The maximum atomic E-state index is 12.3. The molecule has 0 bridgehead atoms. The molecule has 0 aliphatic heterocycles. The van der Waals surface area contributed by atoms with Crippen LogP contribution in [0.5, 0.6) is 0 Å². The number of fused-ring (bicyclic) bond motifs is 1. The molecular formula is C19H10N2O2SSe. The molecular weight excluding hydrogens is 399 g/mol. The van der Waals surface area contributed by atoms with Gasteiger partial charge in [-0.2, -0.15) is 0 Å². The Hall–Kier alpha value is -2.71. The molecule has 0 aliphatic carbocycles. The molecule has 4 nitrogen and oxygen atoms in total. The molecule has 0 saturated carbocycles. The van der Waals surface area contributed by atoms with Crippen LogP contribution in [-0.4, -0.2) is 19.5 Å². The number of nitriles is 1. The molecule has 0 spiro atoms. The van der Waals surface area contributed by atoms with Crippen LogP contribution in [0.15, 0.2) is 62.0 Å². The summed E-state index contributed by atoms with van der Waals surface area (Å²) in [6.45, 7) is 0. The normalized spacial score (nSPS) is 11.6. The van der Waals surface area contributed by atoms with Crippen LogP contribution in [0.1, 0.15) is 9.44 Å². The molecule has 0 atom stereocenters. The first-order valence-corrected chi connectivity index (χ1v) is 10.1. The van der Waals surface area contributed by atoms with E-state index in [2.05, 4.69) is 11.1 Å². The van der Waals surface area contributed by atoms with Gasteiger partial charge in [-0.1, -0.05) is 0 Å². The standard InChI is InChI=1S/C19H10N2O2SSe/c20-10-13(8-14-5-3-7-24-14)18-21-16(11-25-18)15-9-12-4-1-2-6-17(12)23-19(15)22/h1-9,11H/b13-8+. The average Bonchev–Trinajstić information content (AvgIpc) is 3.31. The second-order valence-corrected chi connectivity index (χ2v) is 7.99. The number of rotatable bonds is 3. The summed E-state index contributed by atoms with van der Waals surface area (Å²) in [6, 6.07) is 15.3. The van der Waals surface area contributed by atoms with Crippen molar-refractivity contribution < 1.29 is 4.42 Å². The van der Waals surface area contributed by atoms with Gasteiger partial charge in [0, 0.05) is 0 Å². The summed E-state index contributed by atoms with van der Waals surface area (Å²) in [4.78, 5) is 19.7. The number of aromatic nitrogens is 1. The van der Waals surface area contributed by atoms with E-state index in [1.165, 1.54) is 0 Å². The molecule has 0 amide bonds. The molecule has 4 rings (SSSR count). The number of allylic oxidation sites excluding steroid dienone is 1. The molecule has 0 unspecified atom stereocenters. The SMILES string of the molecule is N#C/C(=C\c1cccs1)c1nc(-c2cc3ccccc3oc2=O)c[se]1. The monoisotopic (exact) mass is 410 g/mol. The summed E-state index contributed by atoms with van der Waals surface area (Å²) >= 11 is 1.48. The zero-order valence-corrected chi connectivity index (χ0v) is 15.3. The van der Waals surface area contributed by atoms with E-state index < -0.39 is 5.63 Å². The van der Waals surface area contributed by atoms with Gasteiger partial charge in [0.15, 0.2) is 0 Å². The predicted molar refractivity (Wildman–Crippen MR) is 100 cm³/mol. The molecule has 3 heterocycles. The van der Waals surface area contributed by atoms with Crippen molar-refractivity contribution in [2.24, 2.45) is 0 Å². The first-order valence-electron chi connectivity index (χ1n) is 7.39. The third-order valence-electron chi connectivity index (χ3n) is 3.60. The van der Waals surface area contributed by atoms with Crippen molar-refractivity contribution in [2.75, 3.05) is 0 Å². The molecule has 0 fully saturated rings. The average molecular weight is 409 g/mol. The quantitative estimate of drug-likeness (QED) is 0.291. The van der Waals surface area contributed by atoms with Crippen molar-refractivity contribution in [3.63, 3.8) is 0 Å². The van der Waals surface area contributed by atoms with Crippen molar-refractivity contribution in [3.8, 4) is 17.3 Å². The van der Waals surface area contributed by atoms with Crippen LogP contribution in [0.2, 0.25) is 0 Å². The first-order chi connectivity index (χ1) is 12.2. The van der Waals surface area contributed by atoms with Crippen LogP contribution < -0.4 is 5.63 Å². The number of benzene rings is 1. The Balaban J connectivity index is 1.78. The summed E-state index contributed by atoms with van der Waals surface area (Å²) < 4.78 is 6.10. The van der Waals surface area contributed by atoms with Crippen molar-refractivity contribution in [2.45, 2.75) is 0 Å². The van der Waals surface area contributed by atoms with E-state index in [1.807, 2.05) is 46.7 Å². The van der Waals surface area contributed by atoms with Crippen LogP contribution >= 0.6 is 11.3 Å². The maximum absolute atomic E-state index is 12.3. The van der Waals surface area contributed by atoms with Crippen molar-refractivity contribution >= 4 is 48.5 Å². The fraction of sp³-hybridized carbons (Fsp3) is 0. The Kier molecular flexibility index (Phi) is 4.20. The number of thiophene rings is 1. The van der Waals surface area contributed by atoms with Crippen LogP contribution in [0, 0.1) is 11.3 Å². The molecule has 0 radical (unpaired) electrons. The van der Waals surface area contributed by atoms with Gasteiger partial charge in [0.2, 0.25) is 0 Å². The van der Waals surface area contributed by atoms with E-state index in [1.54, 1.807) is 23.5 Å². The van der Waals surface area contributed by atoms with Crippen LogP contribution in [0.3, 0.4) is 0 Å². The fourth-order valence-electron chi connectivity index (χ4n) is 2.42. The summed E-state index contributed by atoms with van der Waals surface area (Å²) in [6.07, 6.45) is 1.84. The van der Waals surface area contributed by atoms with E-state index in [0.717, 1.165) is 14.8 Å². The predicted octanol–water partition coefficient (Wildman–Crippen LogP) is 4.04. The molecule has 0 N–H and O–H groups in total. The van der Waals surface area contributed by atoms with E-state index in [9.17, 15) is 10.1 Å². The van der Waals surface area contributed by atoms with Gasteiger partial charge in [-0.3, -0.25) is 0 Å². The van der Waals surface area contributed by atoms with Gasteiger partial charge in [-0.25, -0.2) is 0 Å². The van der Waals surface area contributed by atoms with Gasteiger partial charge < -0.3 is 0 Å². The minimum atomic E-state index is -0.411. The van der Waals surface area contributed by atoms with Crippen molar-refractivity contribution in [3.05, 3.63) is 72.7 Å². The summed E-state index contributed by atoms with van der Waals surface area (Å²) in [5, 5.41) is 12.3. The topological polar surface area (TPSA) is 66.9 Å². The Morgan fingerprint density at radius 2 is 2.16 bits per heavy atom. The van der Waals surface area contributed by atoms with Gasteiger partial charge in [0.05, 0.1) is 0 Å². The third kappa shape index (κ3) is 3.13. The summed E-state index contributed by atoms with van der Waals surface area (Å²) in [7, 11) is 0. The van der Waals surface area contributed by atoms with Gasteiger partial charge in [-0.15, -0.1) is 0 Å². The van der Waals surface area contributed by atoms with E-state index >= 15 is 0 Å². The van der Waals surface area contributed by atoms with Crippen LogP contribution in [-0.2, 0) is 0 Å². The number of para-hydroxylation sites is 1. The zero-order valence-electron chi connectivity index (χ0n) is 12.8. The van der Waals surface area contributed by atoms with Gasteiger partial charge in [0.25, 0.3) is 0 Å². The number of nitrogens with zero attached hydrogens (tertiary/aromatic N) is 2. The molecule has 6 heteroatoms. The minimum absolute atomic E-state index is 0.0910. The molecule has 25 heavy (non-hydrogen) atoms. The molecule has 120 valence electrons. The van der Waals surface area contributed by atoms with Crippen molar-refractivity contribution in [1.82, 2.24) is 4.98 Å². The number of hydrogen-bond acceptors (Lipinski definition) is 5. The molecule has 0 saturated heterocycles. The van der Waals surface area contributed by atoms with E-state index in [-0.39, 0.29) is 14.5 Å². The summed E-state index contributed by atoms with van der Waals surface area (Å²) in [5.74, 6) is 0. The molecule has 3 aromatic heterocycles. The van der Waals surface area contributed by atoms with Crippen LogP contribution in [0.25, 0.3) is 33.9 Å².